The number of hydrogen-bond donors (Lipinski definition) is 1. The zero-order valence-electron chi connectivity index (χ0n) is 16.6. The van der Waals surface area contributed by atoms with E-state index >= 15 is 0 Å². The number of nitrogens with one attached hydrogen (secondary N) is 1. The molecule has 1 fully saturated rings. The second-order valence-electron chi connectivity index (χ2n) is 8.04. The molecule has 4 rings (SSSR count). The Morgan fingerprint density at radius 3 is 2.79 bits per heavy atom. The number of carbonyl (C=O) groups is 1. The summed E-state index contributed by atoms with van der Waals surface area (Å²) < 4.78 is 0. The number of rotatable bonds is 5. The number of halogens is 1. The molecule has 1 aromatic heterocycles. The van der Waals surface area contributed by atoms with Crippen molar-refractivity contribution in [2.75, 3.05) is 46.3 Å². The highest BCUT2D eigenvalue weighted by molar-refractivity contribution is 6.36. The lowest BCUT2D eigenvalue weighted by Crippen LogP contribution is -2.45. The van der Waals surface area contributed by atoms with Crippen molar-refractivity contribution in [3.8, 4) is 0 Å². The Morgan fingerprint density at radius 2 is 1.96 bits per heavy atom. The first-order valence-corrected chi connectivity index (χ1v) is 10.8. The van der Waals surface area contributed by atoms with Gasteiger partial charge in [0, 0.05) is 49.4 Å². The molecule has 2 aromatic rings. The van der Waals surface area contributed by atoms with Crippen LogP contribution < -0.4 is 5.32 Å². The number of piperazine rings is 1. The number of aryl methyl sites for hydroxylation is 1. The van der Waals surface area contributed by atoms with Crippen LogP contribution in [0.2, 0.25) is 5.02 Å². The molecule has 2 aliphatic rings. The molecule has 150 valence electrons. The van der Waals surface area contributed by atoms with Crippen LogP contribution in [-0.2, 0) is 12.8 Å². The third-order valence-corrected chi connectivity index (χ3v) is 6.42. The van der Waals surface area contributed by atoms with Crippen LogP contribution in [0, 0.1) is 0 Å². The van der Waals surface area contributed by atoms with Crippen LogP contribution in [0.3, 0.4) is 0 Å². The van der Waals surface area contributed by atoms with Crippen molar-refractivity contribution in [3.63, 3.8) is 0 Å². The van der Waals surface area contributed by atoms with E-state index in [1.165, 1.54) is 12.0 Å². The van der Waals surface area contributed by atoms with Gasteiger partial charge in [0.1, 0.15) is 0 Å². The number of nitrogens with zero attached hydrogens (tertiary/aromatic N) is 3. The van der Waals surface area contributed by atoms with Gasteiger partial charge in [-0.1, -0.05) is 17.7 Å². The SMILES string of the molecule is CN1CCN(CCCNC(=O)c2ccc3c(Cl)c4c(nc3c2)CCCC4)CC1. The zero-order valence-corrected chi connectivity index (χ0v) is 17.4. The highest BCUT2D eigenvalue weighted by Gasteiger charge is 2.18. The van der Waals surface area contributed by atoms with Crippen LogP contribution in [0.15, 0.2) is 18.2 Å². The maximum absolute atomic E-state index is 12.6. The van der Waals surface area contributed by atoms with E-state index in [0.717, 1.165) is 80.0 Å². The molecule has 1 amide bonds. The normalized spacial score (nSPS) is 18.2. The van der Waals surface area contributed by atoms with Crippen molar-refractivity contribution in [1.82, 2.24) is 20.1 Å². The summed E-state index contributed by atoms with van der Waals surface area (Å²) in [7, 11) is 2.17. The van der Waals surface area contributed by atoms with E-state index in [2.05, 4.69) is 22.2 Å². The van der Waals surface area contributed by atoms with Crippen molar-refractivity contribution in [3.05, 3.63) is 40.0 Å². The van der Waals surface area contributed by atoms with E-state index in [1.807, 2.05) is 18.2 Å². The Kier molecular flexibility index (Phi) is 6.14. The Bertz CT molecular complexity index is 861. The third-order valence-electron chi connectivity index (χ3n) is 5.99. The lowest BCUT2D eigenvalue weighted by Gasteiger charge is -2.32. The van der Waals surface area contributed by atoms with Crippen molar-refractivity contribution >= 4 is 28.4 Å². The smallest absolute Gasteiger partial charge is 0.251 e. The van der Waals surface area contributed by atoms with Gasteiger partial charge in [-0.2, -0.15) is 0 Å². The summed E-state index contributed by atoms with van der Waals surface area (Å²) in [5.41, 5.74) is 3.79. The van der Waals surface area contributed by atoms with Gasteiger partial charge in [-0.05, 0) is 63.4 Å². The molecule has 1 aliphatic carbocycles. The first-order chi connectivity index (χ1) is 13.6. The first-order valence-electron chi connectivity index (χ1n) is 10.4. The summed E-state index contributed by atoms with van der Waals surface area (Å²) in [6.07, 6.45) is 5.30. The molecule has 5 nitrogen and oxygen atoms in total. The van der Waals surface area contributed by atoms with Crippen molar-refractivity contribution < 1.29 is 4.79 Å². The maximum atomic E-state index is 12.6. The summed E-state index contributed by atoms with van der Waals surface area (Å²) in [6, 6.07) is 5.69. The Morgan fingerprint density at radius 1 is 1.18 bits per heavy atom. The van der Waals surface area contributed by atoms with Crippen molar-refractivity contribution in [1.29, 1.82) is 0 Å². The van der Waals surface area contributed by atoms with Gasteiger partial charge >= 0.3 is 0 Å². The Balaban J connectivity index is 1.36. The number of aromatic nitrogens is 1. The number of likely N-dealkylation sites (N-methyl/N-ethyl adjacent to an activating group) is 1. The van der Waals surface area contributed by atoms with Crippen LogP contribution >= 0.6 is 11.6 Å². The number of hydrogen-bond acceptors (Lipinski definition) is 4. The largest absolute Gasteiger partial charge is 0.352 e. The summed E-state index contributed by atoms with van der Waals surface area (Å²) in [5.74, 6) is -0.0316. The minimum atomic E-state index is -0.0316. The quantitative estimate of drug-likeness (QED) is 0.783. The molecule has 1 saturated heterocycles. The summed E-state index contributed by atoms with van der Waals surface area (Å²) in [6.45, 7) is 6.22. The van der Waals surface area contributed by atoms with Crippen molar-refractivity contribution in [2.45, 2.75) is 32.1 Å². The molecule has 0 spiro atoms. The second kappa shape index (κ2) is 8.76. The lowest BCUT2D eigenvalue weighted by atomic mass is 9.94. The predicted molar refractivity (Wildman–Crippen MR) is 114 cm³/mol. The number of amides is 1. The number of pyridine rings is 1. The molecule has 0 saturated carbocycles. The molecule has 6 heteroatoms. The Labute approximate surface area is 172 Å². The molecule has 1 N–H and O–H groups in total. The van der Waals surface area contributed by atoms with Gasteiger partial charge in [0.25, 0.3) is 5.91 Å². The lowest BCUT2D eigenvalue weighted by molar-refractivity contribution is 0.0949. The van der Waals surface area contributed by atoms with Crippen molar-refractivity contribution in [2.24, 2.45) is 0 Å². The van der Waals surface area contributed by atoms with E-state index in [1.54, 1.807) is 0 Å². The van der Waals surface area contributed by atoms with E-state index in [4.69, 9.17) is 16.6 Å². The standard InChI is InChI=1S/C22H29ClN4O/c1-26-11-13-27(14-12-26)10-4-9-24-22(28)16-7-8-18-20(15-16)25-19-6-3-2-5-17(19)21(18)23/h7-8,15H,2-6,9-14H2,1H3,(H,24,28). The van der Waals surface area contributed by atoms with Gasteiger partial charge in [-0.15, -0.1) is 0 Å². The monoisotopic (exact) mass is 400 g/mol. The van der Waals surface area contributed by atoms with Crippen LogP contribution in [0.25, 0.3) is 10.9 Å². The zero-order chi connectivity index (χ0) is 19.5. The first kappa shape index (κ1) is 19.6. The average molecular weight is 401 g/mol. The molecule has 28 heavy (non-hydrogen) atoms. The molecule has 0 bridgehead atoms. The van der Waals surface area contributed by atoms with Crippen LogP contribution in [0.5, 0.6) is 0 Å². The molecule has 0 unspecified atom stereocenters. The van der Waals surface area contributed by atoms with E-state index < -0.39 is 0 Å². The average Bonchev–Trinajstić information content (AvgIpc) is 2.72. The van der Waals surface area contributed by atoms with Gasteiger partial charge in [-0.25, -0.2) is 0 Å². The van der Waals surface area contributed by atoms with E-state index in [0.29, 0.717) is 12.1 Å². The molecule has 1 aromatic carbocycles. The summed E-state index contributed by atoms with van der Waals surface area (Å²) in [4.78, 5) is 22.2. The molecule has 0 atom stereocenters. The minimum absolute atomic E-state index is 0.0316. The second-order valence-corrected chi connectivity index (χ2v) is 8.42. The Hall–Kier alpha value is -1.69. The van der Waals surface area contributed by atoms with Crippen LogP contribution in [0.1, 0.15) is 40.9 Å². The fourth-order valence-corrected chi connectivity index (χ4v) is 4.55. The topological polar surface area (TPSA) is 48.5 Å². The highest BCUT2D eigenvalue weighted by atomic mass is 35.5. The summed E-state index contributed by atoms with van der Waals surface area (Å²) in [5, 5.41) is 4.82. The molecule has 2 heterocycles. The fourth-order valence-electron chi connectivity index (χ4n) is 4.19. The van der Waals surface area contributed by atoms with E-state index in [-0.39, 0.29) is 5.91 Å². The van der Waals surface area contributed by atoms with E-state index in [9.17, 15) is 4.79 Å². The van der Waals surface area contributed by atoms with Gasteiger partial charge in [-0.3, -0.25) is 9.78 Å². The fraction of sp³-hybridized carbons (Fsp3) is 0.545. The van der Waals surface area contributed by atoms with Gasteiger partial charge in [0.05, 0.1) is 10.5 Å². The molecule has 0 radical (unpaired) electrons. The minimum Gasteiger partial charge on any atom is -0.352 e. The third kappa shape index (κ3) is 4.32. The summed E-state index contributed by atoms with van der Waals surface area (Å²) >= 11 is 6.63. The van der Waals surface area contributed by atoms with Gasteiger partial charge in [0.15, 0.2) is 0 Å². The van der Waals surface area contributed by atoms with Crippen LogP contribution in [-0.4, -0.2) is 67.0 Å². The maximum Gasteiger partial charge on any atom is 0.251 e. The molecular formula is C22H29ClN4O. The molecular weight excluding hydrogens is 372 g/mol. The number of benzene rings is 1. The molecule has 1 aliphatic heterocycles. The van der Waals surface area contributed by atoms with Gasteiger partial charge in [0.2, 0.25) is 0 Å². The predicted octanol–water partition coefficient (Wildman–Crippen LogP) is 3.13. The van der Waals surface area contributed by atoms with Crippen LogP contribution in [0.4, 0.5) is 0 Å². The van der Waals surface area contributed by atoms with Gasteiger partial charge < -0.3 is 15.1 Å². The number of carbonyl (C=O) groups excluding carboxylic acids is 1. The number of fused-ring (bicyclic) bond motifs is 2. The highest BCUT2D eigenvalue weighted by Crippen LogP contribution is 2.33.